The predicted molar refractivity (Wildman–Crippen MR) is 118 cm³/mol. The van der Waals surface area contributed by atoms with Gasteiger partial charge in [-0.1, -0.05) is 59.3 Å². The molecular weight excluding hydrogens is 439 g/mol. The van der Waals surface area contributed by atoms with Gasteiger partial charge in [0.25, 0.3) is 5.56 Å². The second-order valence-corrected chi connectivity index (χ2v) is 8.26. The van der Waals surface area contributed by atoms with Crippen LogP contribution < -0.4 is 14.9 Å². The quantitative estimate of drug-likeness (QED) is 0.564. The van der Waals surface area contributed by atoms with E-state index < -0.39 is 17.8 Å². The van der Waals surface area contributed by atoms with Crippen LogP contribution in [0, 0.1) is 5.82 Å². The average molecular weight is 457 g/mol. The van der Waals surface area contributed by atoms with Crippen LogP contribution in [0.5, 0.6) is 0 Å². The maximum Gasteiger partial charge on any atom is 0.338 e. The lowest BCUT2D eigenvalue weighted by Crippen LogP contribution is -2.40. The number of esters is 1. The minimum atomic E-state index is -0.982. The molecule has 0 spiro atoms. The third-order valence-corrected chi connectivity index (χ3v) is 6.24. The number of carbonyl (C=O) groups excluding carboxylic acids is 1. The Balaban J connectivity index is 2.00. The zero-order valence-electron chi connectivity index (χ0n) is 16.8. The van der Waals surface area contributed by atoms with Gasteiger partial charge in [0.05, 0.1) is 22.4 Å². The summed E-state index contributed by atoms with van der Waals surface area (Å²) in [6.45, 7) is 3.49. The maximum absolute atomic E-state index is 14.8. The normalized spacial score (nSPS) is 16.1. The van der Waals surface area contributed by atoms with Crippen molar-refractivity contribution in [3.63, 3.8) is 0 Å². The highest BCUT2D eigenvalue weighted by Gasteiger charge is 2.34. The second kappa shape index (κ2) is 8.61. The summed E-state index contributed by atoms with van der Waals surface area (Å²) in [6, 6.07) is 12.2. The number of ether oxygens (including phenoxy) is 1. The first kappa shape index (κ1) is 21.2. The molecule has 0 bridgehead atoms. The summed E-state index contributed by atoms with van der Waals surface area (Å²) in [6.07, 6.45) is 1.67. The average Bonchev–Trinajstić information content (AvgIpc) is 3.04. The van der Waals surface area contributed by atoms with Crippen LogP contribution in [0.1, 0.15) is 31.0 Å². The van der Waals surface area contributed by atoms with Gasteiger partial charge in [0.1, 0.15) is 11.9 Å². The first-order valence-corrected chi connectivity index (χ1v) is 10.8. The largest absolute Gasteiger partial charge is 0.463 e. The Morgan fingerprint density at radius 3 is 2.68 bits per heavy atom. The van der Waals surface area contributed by atoms with Gasteiger partial charge in [-0.15, -0.1) is 0 Å². The van der Waals surface area contributed by atoms with Gasteiger partial charge < -0.3 is 4.74 Å². The first-order valence-electron chi connectivity index (χ1n) is 9.61. The highest BCUT2D eigenvalue weighted by atomic mass is 35.5. The van der Waals surface area contributed by atoms with Gasteiger partial charge in [0.15, 0.2) is 4.80 Å². The van der Waals surface area contributed by atoms with E-state index in [1.807, 2.05) is 6.07 Å². The third kappa shape index (κ3) is 3.86. The molecule has 1 aromatic heterocycles. The molecule has 5 nitrogen and oxygen atoms in total. The van der Waals surface area contributed by atoms with E-state index in [1.54, 1.807) is 56.3 Å². The summed E-state index contributed by atoms with van der Waals surface area (Å²) in [5.41, 5.74) is 1.02. The maximum atomic E-state index is 14.8. The smallest absolute Gasteiger partial charge is 0.338 e. The molecular formula is C23H18ClFN2O3S. The Morgan fingerprint density at radius 1 is 1.26 bits per heavy atom. The SMILES string of the molecule is CCOC(=O)C1=C(C)N=c2s/c(=C/c3ccccc3Cl)c(=O)n2[C@H]1c1ccccc1F. The number of halogens is 2. The number of aromatic nitrogens is 1. The molecule has 1 aliphatic heterocycles. The van der Waals surface area contributed by atoms with E-state index in [0.717, 1.165) is 11.3 Å². The molecule has 0 fully saturated rings. The molecule has 0 saturated heterocycles. The molecule has 0 radical (unpaired) electrons. The second-order valence-electron chi connectivity index (χ2n) is 6.85. The Morgan fingerprint density at radius 2 is 1.97 bits per heavy atom. The number of benzene rings is 2. The monoisotopic (exact) mass is 456 g/mol. The van der Waals surface area contributed by atoms with Gasteiger partial charge in [-0.2, -0.15) is 0 Å². The summed E-state index contributed by atoms with van der Waals surface area (Å²) >= 11 is 7.40. The van der Waals surface area contributed by atoms with E-state index in [0.29, 0.717) is 25.6 Å². The first-order chi connectivity index (χ1) is 14.9. The molecule has 2 aromatic carbocycles. The summed E-state index contributed by atoms with van der Waals surface area (Å²) in [5, 5.41) is 0.502. The van der Waals surface area contributed by atoms with E-state index in [9.17, 15) is 14.0 Å². The van der Waals surface area contributed by atoms with Crippen LogP contribution in [-0.2, 0) is 9.53 Å². The minimum absolute atomic E-state index is 0.142. The zero-order valence-corrected chi connectivity index (χ0v) is 18.3. The predicted octanol–water partition coefficient (Wildman–Crippen LogP) is 3.59. The van der Waals surface area contributed by atoms with Gasteiger partial charge in [0, 0.05) is 10.6 Å². The molecule has 0 amide bonds. The Bertz CT molecular complexity index is 1390. The lowest BCUT2D eigenvalue weighted by atomic mass is 9.95. The summed E-state index contributed by atoms with van der Waals surface area (Å²) in [5.74, 6) is -1.15. The Kier molecular flexibility index (Phi) is 5.89. The van der Waals surface area contributed by atoms with Gasteiger partial charge in [-0.3, -0.25) is 9.36 Å². The summed E-state index contributed by atoms with van der Waals surface area (Å²) in [4.78, 5) is 31.0. The van der Waals surface area contributed by atoms with Gasteiger partial charge >= 0.3 is 5.97 Å². The summed E-state index contributed by atoms with van der Waals surface area (Å²) < 4.78 is 21.7. The molecule has 8 heteroatoms. The van der Waals surface area contributed by atoms with E-state index in [-0.39, 0.29) is 23.3 Å². The number of hydrogen-bond acceptors (Lipinski definition) is 5. The summed E-state index contributed by atoms with van der Waals surface area (Å²) in [7, 11) is 0. The Labute approximate surface area is 186 Å². The van der Waals surface area contributed by atoms with Crippen molar-refractivity contribution in [2.24, 2.45) is 4.99 Å². The van der Waals surface area contributed by atoms with Gasteiger partial charge in [0.2, 0.25) is 0 Å². The van der Waals surface area contributed by atoms with E-state index >= 15 is 0 Å². The molecule has 0 aliphatic carbocycles. The van der Waals surface area contributed by atoms with E-state index in [2.05, 4.69) is 4.99 Å². The van der Waals surface area contributed by atoms with Crippen molar-refractivity contribution < 1.29 is 13.9 Å². The minimum Gasteiger partial charge on any atom is -0.463 e. The molecule has 1 aliphatic rings. The fourth-order valence-corrected chi connectivity index (χ4v) is 4.74. The number of allylic oxidation sites excluding steroid dienone is 1. The Hall–Kier alpha value is -3.03. The van der Waals surface area contributed by atoms with Crippen LogP contribution in [0.3, 0.4) is 0 Å². The highest BCUT2D eigenvalue weighted by Crippen LogP contribution is 2.32. The number of nitrogens with zero attached hydrogens (tertiary/aromatic N) is 2. The molecule has 3 aromatic rings. The van der Waals surface area contributed by atoms with E-state index in [1.165, 1.54) is 10.6 Å². The molecule has 1 atom stereocenters. The molecule has 0 unspecified atom stereocenters. The molecule has 4 rings (SSSR count). The molecule has 31 heavy (non-hydrogen) atoms. The van der Waals surface area contributed by atoms with Crippen molar-refractivity contribution in [1.29, 1.82) is 0 Å². The van der Waals surface area contributed by atoms with Crippen molar-refractivity contribution in [2.75, 3.05) is 6.61 Å². The van der Waals surface area contributed by atoms with Crippen molar-refractivity contribution in [2.45, 2.75) is 19.9 Å². The standard InChI is InChI=1S/C23H18ClFN2O3S/c1-3-30-22(29)19-13(2)26-23-27(20(19)15-9-5-7-11-17(15)25)21(28)18(31-23)12-14-8-4-6-10-16(14)24/h4-12,20H,3H2,1-2H3/b18-12+/t20-/m0/s1. The van der Waals surface area contributed by atoms with Crippen molar-refractivity contribution in [3.05, 3.63) is 101 Å². The highest BCUT2D eigenvalue weighted by molar-refractivity contribution is 7.07. The van der Waals surface area contributed by atoms with Crippen molar-refractivity contribution >= 4 is 35.0 Å². The molecule has 0 N–H and O–H groups in total. The zero-order chi connectivity index (χ0) is 22.1. The van der Waals surface area contributed by atoms with Crippen molar-refractivity contribution in [3.8, 4) is 0 Å². The lowest BCUT2D eigenvalue weighted by Gasteiger charge is -2.24. The van der Waals surface area contributed by atoms with Crippen LogP contribution in [0.4, 0.5) is 4.39 Å². The third-order valence-electron chi connectivity index (χ3n) is 4.91. The number of rotatable bonds is 4. The molecule has 0 saturated carbocycles. The van der Waals surface area contributed by atoms with Gasteiger partial charge in [-0.25, -0.2) is 14.2 Å². The van der Waals surface area contributed by atoms with E-state index in [4.69, 9.17) is 16.3 Å². The van der Waals surface area contributed by atoms with Crippen LogP contribution in [-0.4, -0.2) is 17.1 Å². The topological polar surface area (TPSA) is 60.7 Å². The number of thiazole rings is 1. The van der Waals surface area contributed by atoms with Crippen LogP contribution in [0.15, 0.2) is 69.6 Å². The van der Waals surface area contributed by atoms with Crippen LogP contribution in [0.25, 0.3) is 6.08 Å². The number of carbonyl (C=O) groups is 1. The molecule has 158 valence electrons. The van der Waals surface area contributed by atoms with Gasteiger partial charge in [-0.05, 0) is 37.6 Å². The fraction of sp³-hybridized carbons (Fsp3) is 0.174. The van der Waals surface area contributed by atoms with Crippen molar-refractivity contribution in [1.82, 2.24) is 4.57 Å². The number of hydrogen-bond donors (Lipinski definition) is 0. The number of fused-ring (bicyclic) bond motifs is 1. The molecule has 2 heterocycles. The van der Waals surface area contributed by atoms with Crippen LogP contribution in [0.2, 0.25) is 5.02 Å². The fourth-order valence-electron chi connectivity index (χ4n) is 3.52. The van der Waals surface area contributed by atoms with Crippen LogP contribution >= 0.6 is 22.9 Å². The lowest BCUT2D eigenvalue weighted by molar-refractivity contribution is -0.139.